The maximum absolute atomic E-state index is 12.0. The van der Waals surface area contributed by atoms with Crippen molar-refractivity contribution in [1.82, 2.24) is 24.6 Å². The lowest BCUT2D eigenvalue weighted by atomic mass is 10.00. The number of likely N-dealkylation sites (tertiary alicyclic amines) is 2. The first-order valence-corrected chi connectivity index (χ1v) is 10.0. The van der Waals surface area contributed by atoms with E-state index < -0.39 is 0 Å². The number of methoxy groups -OCH3 is 1. The number of hydrogen-bond donors (Lipinski definition) is 0. The zero-order valence-corrected chi connectivity index (χ0v) is 17.0. The van der Waals surface area contributed by atoms with E-state index in [9.17, 15) is 4.79 Å². The molecule has 2 aromatic rings. The fourth-order valence-corrected chi connectivity index (χ4v) is 4.37. The van der Waals surface area contributed by atoms with Crippen molar-refractivity contribution in [2.45, 2.75) is 38.3 Å². The minimum Gasteiger partial charge on any atom is -0.465 e. The van der Waals surface area contributed by atoms with Crippen molar-refractivity contribution in [2.24, 2.45) is 0 Å². The van der Waals surface area contributed by atoms with Gasteiger partial charge in [0.15, 0.2) is 0 Å². The van der Waals surface area contributed by atoms with Gasteiger partial charge in [0.05, 0.1) is 24.4 Å². The molecule has 0 aliphatic carbocycles. The van der Waals surface area contributed by atoms with E-state index in [0.717, 1.165) is 48.8 Å². The Morgan fingerprint density at radius 2 is 1.96 bits per heavy atom. The lowest BCUT2D eigenvalue weighted by Crippen LogP contribution is -2.59. The average Bonchev–Trinajstić information content (AvgIpc) is 3.06. The van der Waals surface area contributed by atoms with Crippen LogP contribution in [0.4, 0.5) is 0 Å². The molecule has 2 aromatic heterocycles. The lowest BCUT2D eigenvalue weighted by Gasteiger charge is -2.46. The Morgan fingerprint density at radius 1 is 1.21 bits per heavy atom. The molecule has 0 amide bonds. The van der Waals surface area contributed by atoms with Gasteiger partial charge in [0.2, 0.25) is 0 Å². The smallest absolute Gasteiger partial charge is 0.338 e. The third-order valence-corrected chi connectivity index (χ3v) is 6.14. The summed E-state index contributed by atoms with van der Waals surface area (Å²) in [5, 5.41) is 4.79. The maximum Gasteiger partial charge on any atom is 0.338 e. The number of esters is 1. The largest absolute Gasteiger partial charge is 0.465 e. The fraction of sp³-hybridized carbons (Fsp3) is 0.571. The van der Waals surface area contributed by atoms with Gasteiger partial charge in [-0.25, -0.2) is 4.79 Å². The van der Waals surface area contributed by atoms with E-state index in [1.54, 1.807) is 18.5 Å². The minimum absolute atomic E-state index is 0.323. The van der Waals surface area contributed by atoms with Gasteiger partial charge in [0.25, 0.3) is 0 Å². The van der Waals surface area contributed by atoms with Gasteiger partial charge in [0, 0.05) is 57.2 Å². The van der Waals surface area contributed by atoms with E-state index in [2.05, 4.69) is 32.7 Å². The van der Waals surface area contributed by atoms with E-state index in [0.29, 0.717) is 18.0 Å². The van der Waals surface area contributed by atoms with Crippen molar-refractivity contribution in [2.75, 3.05) is 40.3 Å². The number of pyridine rings is 1. The molecule has 0 N–H and O–H groups in total. The summed E-state index contributed by atoms with van der Waals surface area (Å²) in [6, 6.07) is 2.91. The molecule has 7 nitrogen and oxygen atoms in total. The quantitative estimate of drug-likeness (QED) is 0.735. The van der Waals surface area contributed by atoms with Crippen LogP contribution in [0.2, 0.25) is 0 Å². The Labute approximate surface area is 166 Å². The Bertz CT molecular complexity index is 835. The van der Waals surface area contributed by atoms with Gasteiger partial charge in [-0.2, -0.15) is 5.10 Å². The molecule has 0 unspecified atom stereocenters. The molecule has 0 radical (unpaired) electrons. The molecule has 0 bridgehead atoms. The van der Waals surface area contributed by atoms with Crippen LogP contribution in [-0.4, -0.2) is 76.9 Å². The molecule has 0 atom stereocenters. The second-order valence-corrected chi connectivity index (χ2v) is 8.06. The van der Waals surface area contributed by atoms with Gasteiger partial charge in [-0.15, -0.1) is 0 Å². The van der Waals surface area contributed by atoms with Crippen molar-refractivity contribution in [1.29, 1.82) is 0 Å². The zero-order valence-electron chi connectivity index (χ0n) is 17.0. The second kappa shape index (κ2) is 8.01. The number of hydrogen-bond acceptors (Lipinski definition) is 6. The Balaban J connectivity index is 1.43. The fourth-order valence-electron chi connectivity index (χ4n) is 4.37. The molecule has 4 rings (SSSR count). The number of nitrogens with zero attached hydrogens (tertiary/aromatic N) is 5. The normalized spacial score (nSPS) is 19.5. The summed E-state index contributed by atoms with van der Waals surface area (Å²) in [5.41, 5.74) is 3.60. The predicted octanol–water partition coefficient (Wildman–Crippen LogP) is 1.91. The summed E-state index contributed by atoms with van der Waals surface area (Å²) >= 11 is 0. The summed E-state index contributed by atoms with van der Waals surface area (Å²) in [6.45, 7) is 6.73. The lowest BCUT2D eigenvalue weighted by molar-refractivity contribution is 0.0295. The van der Waals surface area contributed by atoms with Crippen molar-refractivity contribution < 1.29 is 9.53 Å². The molecular weight excluding hydrogens is 354 g/mol. The van der Waals surface area contributed by atoms with Crippen LogP contribution in [0.1, 0.15) is 46.1 Å². The van der Waals surface area contributed by atoms with Gasteiger partial charge < -0.3 is 9.64 Å². The molecular formula is C21H29N5O2. The van der Waals surface area contributed by atoms with Gasteiger partial charge in [0.1, 0.15) is 0 Å². The monoisotopic (exact) mass is 383 g/mol. The van der Waals surface area contributed by atoms with Crippen molar-refractivity contribution in [3.8, 4) is 0 Å². The third-order valence-electron chi connectivity index (χ3n) is 6.14. The van der Waals surface area contributed by atoms with Crippen molar-refractivity contribution in [3.63, 3.8) is 0 Å². The van der Waals surface area contributed by atoms with Crippen LogP contribution >= 0.6 is 0 Å². The summed E-state index contributed by atoms with van der Waals surface area (Å²) in [4.78, 5) is 21.2. The van der Waals surface area contributed by atoms with E-state index in [1.165, 1.54) is 20.2 Å². The summed E-state index contributed by atoms with van der Waals surface area (Å²) < 4.78 is 7.04. The zero-order chi connectivity index (χ0) is 19.7. The van der Waals surface area contributed by atoms with Gasteiger partial charge >= 0.3 is 5.97 Å². The SMILES string of the molecule is COC(=O)c1ccncc1Cc1cn(C2CCN(C3CN(C)C3)CC2)nc1C. The molecule has 2 aliphatic rings. The van der Waals surface area contributed by atoms with Crippen LogP contribution in [0, 0.1) is 6.92 Å². The molecule has 0 aromatic carbocycles. The second-order valence-electron chi connectivity index (χ2n) is 8.06. The van der Waals surface area contributed by atoms with E-state index >= 15 is 0 Å². The van der Waals surface area contributed by atoms with Gasteiger partial charge in [-0.1, -0.05) is 0 Å². The molecule has 7 heteroatoms. The molecule has 150 valence electrons. The topological polar surface area (TPSA) is 63.5 Å². The van der Waals surface area contributed by atoms with Crippen LogP contribution in [-0.2, 0) is 11.2 Å². The highest BCUT2D eigenvalue weighted by Gasteiger charge is 2.32. The Kier molecular flexibility index (Phi) is 5.46. The van der Waals surface area contributed by atoms with E-state index in [-0.39, 0.29) is 5.97 Å². The molecule has 4 heterocycles. The summed E-state index contributed by atoms with van der Waals surface area (Å²) in [6.07, 6.45) is 8.44. The molecule has 0 saturated carbocycles. The first-order valence-electron chi connectivity index (χ1n) is 10.0. The van der Waals surface area contributed by atoms with Crippen LogP contribution in [0.3, 0.4) is 0 Å². The molecule has 2 aliphatic heterocycles. The van der Waals surface area contributed by atoms with E-state index in [4.69, 9.17) is 9.84 Å². The minimum atomic E-state index is -0.323. The Morgan fingerprint density at radius 3 is 2.64 bits per heavy atom. The number of likely N-dealkylation sites (N-methyl/N-ethyl adjacent to an activating group) is 1. The number of aromatic nitrogens is 3. The molecule has 0 spiro atoms. The number of rotatable bonds is 5. The van der Waals surface area contributed by atoms with Crippen molar-refractivity contribution >= 4 is 5.97 Å². The van der Waals surface area contributed by atoms with Crippen LogP contribution in [0.25, 0.3) is 0 Å². The number of carbonyl (C=O) groups is 1. The van der Waals surface area contributed by atoms with Crippen LogP contribution in [0.5, 0.6) is 0 Å². The first-order chi connectivity index (χ1) is 13.5. The molecule has 28 heavy (non-hydrogen) atoms. The highest BCUT2D eigenvalue weighted by Crippen LogP contribution is 2.27. The van der Waals surface area contributed by atoms with Gasteiger partial charge in [-0.3, -0.25) is 14.6 Å². The number of piperidine rings is 1. The highest BCUT2D eigenvalue weighted by molar-refractivity contribution is 5.90. The van der Waals surface area contributed by atoms with Gasteiger partial charge in [-0.05, 0) is 44.0 Å². The highest BCUT2D eigenvalue weighted by atomic mass is 16.5. The van der Waals surface area contributed by atoms with Crippen LogP contribution in [0.15, 0.2) is 24.7 Å². The third kappa shape index (κ3) is 3.82. The average molecular weight is 383 g/mol. The first kappa shape index (κ1) is 19.1. The number of ether oxygens (including phenoxy) is 1. The predicted molar refractivity (Wildman–Crippen MR) is 106 cm³/mol. The number of aryl methyl sites for hydroxylation is 1. The summed E-state index contributed by atoms with van der Waals surface area (Å²) in [7, 11) is 3.59. The van der Waals surface area contributed by atoms with E-state index in [1.807, 2.05) is 6.92 Å². The molecule has 2 saturated heterocycles. The molecule has 2 fully saturated rings. The Hall–Kier alpha value is -2.25. The standard InChI is InChI=1S/C21H29N5O2/c1-15-17(10-16-11-22-7-4-20(16)21(27)28-3)12-26(23-15)18-5-8-25(9-6-18)19-13-24(2)14-19/h4,7,11-12,18-19H,5-6,8-10,13-14H2,1-3H3. The van der Waals surface area contributed by atoms with Crippen molar-refractivity contribution in [3.05, 3.63) is 47.0 Å². The summed E-state index contributed by atoms with van der Waals surface area (Å²) in [5.74, 6) is -0.323. The number of carbonyl (C=O) groups excluding carboxylic acids is 1. The van der Waals surface area contributed by atoms with Crippen LogP contribution < -0.4 is 0 Å². The maximum atomic E-state index is 12.0.